The first kappa shape index (κ1) is 23.4. The highest BCUT2D eigenvalue weighted by Gasteiger charge is 2.15. The second-order valence-corrected chi connectivity index (χ2v) is 8.60. The van der Waals surface area contributed by atoms with Crippen LogP contribution < -0.4 is 15.6 Å². The third-order valence-electron chi connectivity index (χ3n) is 5.68. The monoisotopic (exact) mass is 472 g/mol. The summed E-state index contributed by atoms with van der Waals surface area (Å²) in [6.45, 7) is 7.49. The lowest BCUT2D eigenvalue weighted by molar-refractivity contribution is 0.340. The molecule has 0 atom stereocenters. The third kappa shape index (κ3) is 5.43. The van der Waals surface area contributed by atoms with Crippen molar-refractivity contribution in [1.29, 1.82) is 0 Å². The number of fused-ring (bicyclic) bond motifs is 1. The second-order valence-electron chi connectivity index (χ2n) is 8.22. The molecule has 0 saturated carbocycles. The molecule has 7 heteroatoms. The van der Waals surface area contributed by atoms with Crippen molar-refractivity contribution >= 4 is 33.9 Å². The first-order valence-corrected chi connectivity index (χ1v) is 11.6. The topological polar surface area (TPSA) is 70.2 Å². The van der Waals surface area contributed by atoms with Crippen LogP contribution in [0.15, 0.2) is 71.8 Å². The Balaban J connectivity index is 1.63. The van der Waals surface area contributed by atoms with Crippen molar-refractivity contribution < 1.29 is 4.74 Å². The number of rotatable bonds is 7. The SMILES string of the molecule is CCOc1ccc(NC(=S)N(Cc2cccnc2)Cc2cc3c(C)ccc(C)c3[nH]c2=O)cc1. The molecule has 174 valence electrons. The summed E-state index contributed by atoms with van der Waals surface area (Å²) in [5.41, 5.74) is 5.44. The molecule has 0 bridgehead atoms. The molecule has 4 rings (SSSR count). The number of ether oxygens (including phenoxy) is 1. The van der Waals surface area contributed by atoms with Gasteiger partial charge in [0.05, 0.1) is 18.7 Å². The molecule has 6 nitrogen and oxygen atoms in total. The molecule has 0 aliphatic rings. The number of nitrogens with one attached hydrogen (secondary N) is 2. The van der Waals surface area contributed by atoms with E-state index < -0.39 is 0 Å². The van der Waals surface area contributed by atoms with Gasteiger partial charge in [0.1, 0.15) is 5.75 Å². The fourth-order valence-corrected chi connectivity index (χ4v) is 4.10. The highest BCUT2D eigenvalue weighted by molar-refractivity contribution is 7.80. The van der Waals surface area contributed by atoms with Crippen LogP contribution in [0.1, 0.15) is 29.2 Å². The fourth-order valence-electron chi connectivity index (χ4n) is 3.86. The molecule has 0 spiro atoms. The van der Waals surface area contributed by atoms with Gasteiger partial charge in [-0.2, -0.15) is 0 Å². The van der Waals surface area contributed by atoms with E-state index in [0.717, 1.165) is 39.0 Å². The van der Waals surface area contributed by atoms with E-state index in [9.17, 15) is 4.79 Å². The highest BCUT2D eigenvalue weighted by atomic mass is 32.1. The number of aromatic amines is 1. The van der Waals surface area contributed by atoms with Crippen molar-refractivity contribution in [2.75, 3.05) is 11.9 Å². The number of hydrogen-bond acceptors (Lipinski definition) is 4. The smallest absolute Gasteiger partial charge is 0.253 e. The molecule has 2 heterocycles. The van der Waals surface area contributed by atoms with E-state index in [2.05, 4.69) is 28.3 Å². The lowest BCUT2D eigenvalue weighted by Gasteiger charge is -2.26. The van der Waals surface area contributed by atoms with E-state index in [1.54, 1.807) is 6.20 Å². The van der Waals surface area contributed by atoms with Crippen molar-refractivity contribution in [1.82, 2.24) is 14.9 Å². The molecule has 0 aliphatic heterocycles. The van der Waals surface area contributed by atoms with E-state index >= 15 is 0 Å². The lowest BCUT2D eigenvalue weighted by Crippen LogP contribution is -2.35. The van der Waals surface area contributed by atoms with Gasteiger partial charge < -0.3 is 19.9 Å². The van der Waals surface area contributed by atoms with Gasteiger partial charge in [-0.3, -0.25) is 9.78 Å². The molecule has 34 heavy (non-hydrogen) atoms. The summed E-state index contributed by atoms with van der Waals surface area (Å²) >= 11 is 5.78. The zero-order valence-corrected chi connectivity index (χ0v) is 20.4. The first-order chi connectivity index (χ1) is 16.4. The van der Waals surface area contributed by atoms with Crippen LogP contribution in [0.5, 0.6) is 5.75 Å². The summed E-state index contributed by atoms with van der Waals surface area (Å²) in [6, 6.07) is 17.6. The molecule has 4 aromatic rings. The van der Waals surface area contributed by atoms with Crippen molar-refractivity contribution in [2.24, 2.45) is 0 Å². The van der Waals surface area contributed by atoms with Gasteiger partial charge in [0.15, 0.2) is 5.11 Å². The highest BCUT2D eigenvalue weighted by Crippen LogP contribution is 2.21. The van der Waals surface area contributed by atoms with Crippen LogP contribution in [-0.2, 0) is 13.1 Å². The molecule has 2 aromatic heterocycles. The van der Waals surface area contributed by atoms with Crippen LogP contribution in [-0.4, -0.2) is 26.6 Å². The maximum atomic E-state index is 13.0. The summed E-state index contributed by atoms with van der Waals surface area (Å²) in [5.74, 6) is 0.805. The molecular weight excluding hydrogens is 444 g/mol. The molecular formula is C27H28N4O2S. The summed E-state index contributed by atoms with van der Waals surface area (Å²) < 4.78 is 5.52. The molecule has 0 saturated heterocycles. The number of aryl methyl sites for hydroxylation is 2. The molecule has 2 aromatic carbocycles. The average molecular weight is 473 g/mol. The van der Waals surface area contributed by atoms with Gasteiger partial charge in [0.25, 0.3) is 5.56 Å². The minimum absolute atomic E-state index is 0.110. The van der Waals surface area contributed by atoms with Crippen molar-refractivity contribution in [3.05, 3.63) is 99.6 Å². The molecule has 0 radical (unpaired) electrons. The van der Waals surface area contributed by atoms with E-state index in [1.807, 2.05) is 73.5 Å². The summed E-state index contributed by atoms with van der Waals surface area (Å²) in [5, 5.41) is 4.86. The predicted octanol–water partition coefficient (Wildman–Crippen LogP) is 5.34. The summed E-state index contributed by atoms with van der Waals surface area (Å²) in [6.07, 6.45) is 3.55. The number of H-pyrrole nitrogens is 1. The average Bonchev–Trinajstić information content (AvgIpc) is 2.84. The number of pyridine rings is 2. The summed E-state index contributed by atoms with van der Waals surface area (Å²) in [4.78, 5) is 22.3. The number of hydrogen-bond donors (Lipinski definition) is 2. The Morgan fingerprint density at radius 1 is 1.09 bits per heavy atom. The van der Waals surface area contributed by atoms with Crippen molar-refractivity contribution in [3.8, 4) is 5.75 Å². The van der Waals surface area contributed by atoms with Gasteiger partial charge in [-0.1, -0.05) is 18.2 Å². The Kier molecular flexibility index (Phi) is 7.23. The van der Waals surface area contributed by atoms with Gasteiger partial charge in [-0.25, -0.2) is 0 Å². The molecule has 0 fully saturated rings. The number of thiocarbonyl (C=S) groups is 1. The number of benzene rings is 2. The minimum atomic E-state index is -0.110. The maximum absolute atomic E-state index is 13.0. The Morgan fingerprint density at radius 2 is 1.85 bits per heavy atom. The van der Waals surface area contributed by atoms with E-state index in [-0.39, 0.29) is 5.56 Å². The van der Waals surface area contributed by atoms with Gasteiger partial charge in [0, 0.05) is 35.6 Å². The van der Waals surface area contributed by atoms with Crippen LogP contribution in [0.25, 0.3) is 10.9 Å². The van der Waals surface area contributed by atoms with Crippen LogP contribution in [0.4, 0.5) is 5.69 Å². The lowest BCUT2D eigenvalue weighted by atomic mass is 10.0. The Morgan fingerprint density at radius 3 is 2.56 bits per heavy atom. The normalized spacial score (nSPS) is 10.8. The van der Waals surface area contributed by atoms with Crippen LogP contribution in [0.2, 0.25) is 0 Å². The number of nitrogens with zero attached hydrogens (tertiary/aromatic N) is 2. The second kappa shape index (κ2) is 10.5. The quantitative estimate of drug-likeness (QED) is 0.354. The summed E-state index contributed by atoms with van der Waals surface area (Å²) in [7, 11) is 0. The van der Waals surface area contributed by atoms with E-state index in [0.29, 0.717) is 30.4 Å². The fraction of sp³-hybridized carbons (Fsp3) is 0.222. The largest absolute Gasteiger partial charge is 0.494 e. The maximum Gasteiger partial charge on any atom is 0.253 e. The zero-order valence-electron chi connectivity index (χ0n) is 19.6. The van der Waals surface area contributed by atoms with Gasteiger partial charge >= 0.3 is 0 Å². The molecule has 2 N–H and O–H groups in total. The van der Waals surface area contributed by atoms with Gasteiger partial charge in [0.2, 0.25) is 0 Å². The van der Waals surface area contributed by atoms with Gasteiger partial charge in [-0.15, -0.1) is 0 Å². The number of aromatic nitrogens is 2. The standard InChI is InChI=1S/C27H28N4O2S/c1-4-33-23-11-9-22(10-12-23)29-27(34)31(16-20-6-5-13-28-15-20)17-21-14-24-18(2)7-8-19(3)25(24)30-26(21)32/h5-15H,4,16-17H2,1-3H3,(H,29,34)(H,30,32). The third-order valence-corrected chi connectivity index (χ3v) is 6.04. The zero-order chi connectivity index (χ0) is 24.1. The predicted molar refractivity (Wildman–Crippen MR) is 141 cm³/mol. The molecule has 0 aliphatic carbocycles. The Hall–Kier alpha value is -3.71. The Bertz CT molecular complexity index is 1350. The first-order valence-electron chi connectivity index (χ1n) is 11.2. The number of anilines is 1. The van der Waals surface area contributed by atoms with Crippen LogP contribution in [0, 0.1) is 13.8 Å². The molecule has 0 unspecified atom stereocenters. The van der Waals surface area contributed by atoms with Crippen molar-refractivity contribution in [2.45, 2.75) is 33.9 Å². The Labute approximate surface area is 204 Å². The van der Waals surface area contributed by atoms with Crippen LogP contribution in [0.3, 0.4) is 0 Å². The molecule has 0 amide bonds. The van der Waals surface area contributed by atoms with E-state index in [4.69, 9.17) is 17.0 Å². The minimum Gasteiger partial charge on any atom is -0.494 e. The van der Waals surface area contributed by atoms with E-state index in [1.165, 1.54) is 0 Å². The van der Waals surface area contributed by atoms with Crippen LogP contribution >= 0.6 is 12.2 Å². The van der Waals surface area contributed by atoms with Gasteiger partial charge in [-0.05, 0) is 86.1 Å². The van der Waals surface area contributed by atoms with Crippen molar-refractivity contribution in [3.63, 3.8) is 0 Å².